The monoisotopic (exact) mass is 382 g/mol. The predicted molar refractivity (Wildman–Crippen MR) is 92.0 cm³/mol. The lowest BCUT2D eigenvalue weighted by Gasteiger charge is -2.17. The lowest BCUT2D eigenvalue weighted by Crippen LogP contribution is -2.28. The van der Waals surface area contributed by atoms with Crippen LogP contribution in [0.15, 0.2) is 48.5 Å². The van der Waals surface area contributed by atoms with Gasteiger partial charge in [-0.25, -0.2) is 0 Å². The smallest absolute Gasteiger partial charge is 0.326 e. The second-order valence-corrected chi connectivity index (χ2v) is 6.38. The highest BCUT2D eigenvalue weighted by Gasteiger charge is 2.35. The van der Waals surface area contributed by atoms with Gasteiger partial charge in [0.25, 0.3) is 0 Å². The average molecular weight is 383 g/mol. The second kappa shape index (κ2) is 6.99. The van der Waals surface area contributed by atoms with Gasteiger partial charge in [-0.2, -0.15) is 13.2 Å². The number of hydrogen-bond acceptors (Lipinski definition) is 2. The lowest BCUT2D eigenvalue weighted by atomic mass is 10.1. The van der Waals surface area contributed by atoms with Gasteiger partial charge < -0.3 is 10.2 Å². The molecule has 2 aromatic rings. The van der Waals surface area contributed by atoms with Gasteiger partial charge in [0.15, 0.2) is 0 Å². The van der Waals surface area contributed by atoms with Crippen LogP contribution in [0.2, 0.25) is 5.02 Å². The second-order valence-electron chi connectivity index (χ2n) is 5.95. The van der Waals surface area contributed by atoms with Crippen molar-refractivity contribution in [1.82, 2.24) is 0 Å². The molecule has 1 heterocycles. The summed E-state index contributed by atoms with van der Waals surface area (Å²) in [6.07, 6.45) is -4.39. The molecule has 1 fully saturated rings. The Labute approximate surface area is 152 Å². The number of carbonyl (C=O) groups excluding carboxylic acids is 2. The molecule has 3 rings (SSSR count). The minimum Gasteiger partial charge on any atom is -0.326 e. The summed E-state index contributed by atoms with van der Waals surface area (Å²) in [5, 5.41) is 3.10. The molecule has 26 heavy (non-hydrogen) atoms. The molecule has 4 nitrogen and oxygen atoms in total. The highest BCUT2D eigenvalue weighted by atomic mass is 35.5. The molecule has 2 amide bonds. The summed E-state index contributed by atoms with van der Waals surface area (Å²) in [5.74, 6) is -1.19. The van der Waals surface area contributed by atoms with Gasteiger partial charge in [0.05, 0.1) is 11.5 Å². The van der Waals surface area contributed by atoms with E-state index in [0.29, 0.717) is 10.7 Å². The van der Waals surface area contributed by atoms with E-state index >= 15 is 0 Å². The molecule has 2 aromatic carbocycles. The number of benzene rings is 2. The topological polar surface area (TPSA) is 49.4 Å². The first-order valence-corrected chi connectivity index (χ1v) is 8.16. The fraction of sp³-hybridized carbons (Fsp3) is 0.222. The van der Waals surface area contributed by atoms with Crippen molar-refractivity contribution >= 4 is 34.8 Å². The number of rotatable bonds is 3. The molecule has 0 bridgehead atoms. The van der Waals surface area contributed by atoms with Gasteiger partial charge in [-0.1, -0.05) is 11.6 Å². The van der Waals surface area contributed by atoms with E-state index in [-0.39, 0.29) is 24.6 Å². The van der Waals surface area contributed by atoms with Gasteiger partial charge in [0, 0.05) is 29.4 Å². The number of halogens is 4. The maximum atomic E-state index is 12.6. The van der Waals surface area contributed by atoms with Gasteiger partial charge in [0.1, 0.15) is 0 Å². The van der Waals surface area contributed by atoms with E-state index in [1.165, 1.54) is 17.0 Å². The molecule has 0 radical (unpaired) electrons. The van der Waals surface area contributed by atoms with Gasteiger partial charge >= 0.3 is 6.18 Å². The molecule has 0 spiro atoms. The van der Waals surface area contributed by atoms with Crippen molar-refractivity contribution in [1.29, 1.82) is 0 Å². The van der Waals surface area contributed by atoms with Crippen LogP contribution in [-0.2, 0) is 15.8 Å². The number of alkyl halides is 3. The maximum Gasteiger partial charge on any atom is 0.416 e. The van der Waals surface area contributed by atoms with Crippen LogP contribution in [-0.4, -0.2) is 18.4 Å². The fourth-order valence-electron chi connectivity index (χ4n) is 2.74. The van der Waals surface area contributed by atoms with Crippen molar-refractivity contribution < 1.29 is 22.8 Å². The summed E-state index contributed by atoms with van der Waals surface area (Å²) in [6, 6.07) is 10.9. The Morgan fingerprint density at radius 1 is 1.08 bits per heavy atom. The molecule has 1 aliphatic heterocycles. The van der Waals surface area contributed by atoms with Crippen molar-refractivity contribution in [3.8, 4) is 0 Å². The summed E-state index contributed by atoms with van der Waals surface area (Å²) < 4.78 is 37.7. The van der Waals surface area contributed by atoms with E-state index in [9.17, 15) is 22.8 Å². The summed E-state index contributed by atoms with van der Waals surface area (Å²) in [5.41, 5.74) is 0.102. The van der Waals surface area contributed by atoms with Crippen LogP contribution in [0.4, 0.5) is 24.5 Å². The number of nitrogens with zero attached hydrogens (tertiary/aromatic N) is 1. The molecule has 136 valence electrons. The van der Waals surface area contributed by atoms with Crippen molar-refractivity contribution in [2.75, 3.05) is 16.8 Å². The van der Waals surface area contributed by atoms with Crippen molar-refractivity contribution in [2.24, 2.45) is 5.92 Å². The molecule has 1 N–H and O–H groups in total. The van der Waals surface area contributed by atoms with E-state index in [1.54, 1.807) is 24.3 Å². The molecular formula is C18H14ClF3N2O2. The lowest BCUT2D eigenvalue weighted by molar-refractivity contribution is -0.137. The third kappa shape index (κ3) is 3.99. The van der Waals surface area contributed by atoms with E-state index in [0.717, 1.165) is 12.1 Å². The van der Waals surface area contributed by atoms with Crippen LogP contribution in [0.1, 0.15) is 12.0 Å². The first-order chi connectivity index (χ1) is 12.2. The van der Waals surface area contributed by atoms with Crippen LogP contribution in [0.25, 0.3) is 0 Å². The standard InChI is InChI=1S/C18H14ClF3N2O2/c19-13-3-7-15(8-4-13)24-10-11(9-16(24)25)17(26)23-14-5-1-12(2-6-14)18(20,21)22/h1-8,11H,9-10H2,(H,23,26). The Hall–Kier alpha value is -2.54. The van der Waals surface area contributed by atoms with E-state index < -0.39 is 23.6 Å². The number of nitrogens with one attached hydrogen (secondary N) is 1. The molecule has 0 aliphatic carbocycles. The van der Waals surface area contributed by atoms with Crippen LogP contribution >= 0.6 is 11.6 Å². The minimum atomic E-state index is -4.43. The fourth-order valence-corrected chi connectivity index (χ4v) is 2.87. The highest BCUT2D eigenvalue weighted by molar-refractivity contribution is 6.30. The molecule has 0 saturated carbocycles. The first-order valence-electron chi connectivity index (χ1n) is 7.78. The third-order valence-corrected chi connectivity index (χ3v) is 4.37. The summed E-state index contributed by atoms with van der Waals surface area (Å²) in [6.45, 7) is 0.201. The van der Waals surface area contributed by atoms with Crippen LogP contribution in [0.3, 0.4) is 0 Å². The first kappa shape index (κ1) is 18.3. The Morgan fingerprint density at radius 3 is 2.27 bits per heavy atom. The minimum absolute atomic E-state index is 0.0368. The summed E-state index contributed by atoms with van der Waals surface area (Å²) >= 11 is 5.83. The SMILES string of the molecule is O=C(Nc1ccc(C(F)(F)F)cc1)C1CC(=O)N(c2ccc(Cl)cc2)C1. The Morgan fingerprint density at radius 2 is 1.69 bits per heavy atom. The zero-order valence-corrected chi connectivity index (χ0v) is 14.1. The third-order valence-electron chi connectivity index (χ3n) is 4.11. The summed E-state index contributed by atoms with van der Waals surface area (Å²) in [4.78, 5) is 26.0. The van der Waals surface area contributed by atoms with Gasteiger partial charge in [-0.15, -0.1) is 0 Å². The van der Waals surface area contributed by atoms with Crippen molar-refractivity contribution in [3.05, 3.63) is 59.1 Å². The maximum absolute atomic E-state index is 12.6. The van der Waals surface area contributed by atoms with Crippen molar-refractivity contribution in [3.63, 3.8) is 0 Å². The summed E-state index contributed by atoms with van der Waals surface area (Å²) in [7, 11) is 0. The van der Waals surface area contributed by atoms with Crippen molar-refractivity contribution in [2.45, 2.75) is 12.6 Å². The van der Waals surface area contributed by atoms with E-state index in [4.69, 9.17) is 11.6 Å². The Balaban J connectivity index is 1.65. The Kier molecular flexibility index (Phi) is 4.91. The van der Waals surface area contributed by atoms with Crippen LogP contribution in [0.5, 0.6) is 0 Å². The average Bonchev–Trinajstić information content (AvgIpc) is 2.97. The van der Waals surface area contributed by atoms with Gasteiger partial charge in [-0.3, -0.25) is 9.59 Å². The van der Waals surface area contributed by atoms with E-state index in [1.807, 2.05) is 0 Å². The Bertz CT molecular complexity index is 820. The quantitative estimate of drug-likeness (QED) is 0.858. The largest absolute Gasteiger partial charge is 0.416 e. The number of hydrogen-bond donors (Lipinski definition) is 1. The van der Waals surface area contributed by atoms with Gasteiger partial charge in [-0.05, 0) is 48.5 Å². The van der Waals surface area contributed by atoms with E-state index in [2.05, 4.69) is 5.32 Å². The van der Waals surface area contributed by atoms with Gasteiger partial charge in [0.2, 0.25) is 11.8 Å². The molecular weight excluding hydrogens is 369 g/mol. The molecule has 1 saturated heterocycles. The number of carbonyl (C=O) groups is 2. The predicted octanol–water partition coefficient (Wildman–Crippen LogP) is 4.35. The number of amides is 2. The highest BCUT2D eigenvalue weighted by Crippen LogP contribution is 2.30. The molecule has 1 atom stereocenters. The molecule has 1 aliphatic rings. The normalized spacial score (nSPS) is 17.5. The molecule has 1 unspecified atom stereocenters. The van der Waals surface area contributed by atoms with Crippen LogP contribution in [0, 0.1) is 5.92 Å². The molecule has 8 heteroatoms. The van der Waals surface area contributed by atoms with Crippen LogP contribution < -0.4 is 10.2 Å². The zero-order chi connectivity index (χ0) is 18.9. The number of anilines is 2. The molecule has 0 aromatic heterocycles. The zero-order valence-electron chi connectivity index (χ0n) is 13.4.